The zero-order chi connectivity index (χ0) is 16.8. The molecular weight excluding hydrogens is 322 g/mol. The fourth-order valence-corrected chi connectivity index (χ4v) is 2.54. The second-order valence-electron chi connectivity index (χ2n) is 5.21. The number of hydrogen-bond donors (Lipinski definition) is 1. The summed E-state index contributed by atoms with van der Waals surface area (Å²) in [7, 11) is 0. The molecule has 0 aliphatic heterocycles. The highest BCUT2D eigenvalue weighted by molar-refractivity contribution is 6.33. The van der Waals surface area contributed by atoms with Crippen molar-refractivity contribution in [3.05, 3.63) is 83.3 Å². The van der Waals surface area contributed by atoms with Crippen LogP contribution in [-0.2, 0) is 6.42 Å². The van der Waals surface area contributed by atoms with Crippen LogP contribution in [0.3, 0.4) is 0 Å². The van der Waals surface area contributed by atoms with E-state index in [9.17, 15) is 4.79 Å². The summed E-state index contributed by atoms with van der Waals surface area (Å²) in [5.74, 6) is 0.496. The zero-order valence-corrected chi connectivity index (χ0v) is 13.7. The van der Waals surface area contributed by atoms with E-state index in [1.165, 1.54) is 0 Å². The van der Waals surface area contributed by atoms with E-state index >= 15 is 0 Å². The van der Waals surface area contributed by atoms with E-state index in [1.54, 1.807) is 30.5 Å². The highest BCUT2D eigenvalue weighted by atomic mass is 35.5. The van der Waals surface area contributed by atoms with Crippen LogP contribution in [0.4, 0.5) is 0 Å². The fourth-order valence-electron chi connectivity index (χ4n) is 2.32. The van der Waals surface area contributed by atoms with Crippen molar-refractivity contribution in [2.75, 3.05) is 6.54 Å². The number of nitrogens with one attached hydrogen (secondary N) is 1. The van der Waals surface area contributed by atoms with Gasteiger partial charge in [-0.1, -0.05) is 54.1 Å². The van der Waals surface area contributed by atoms with Gasteiger partial charge in [0.1, 0.15) is 5.82 Å². The molecule has 4 nitrogen and oxygen atoms in total. The van der Waals surface area contributed by atoms with Gasteiger partial charge in [-0.15, -0.1) is 0 Å². The maximum Gasteiger partial charge on any atom is 0.252 e. The van der Waals surface area contributed by atoms with Crippen LogP contribution < -0.4 is 5.32 Å². The minimum Gasteiger partial charge on any atom is -0.352 e. The van der Waals surface area contributed by atoms with Crippen LogP contribution in [0.15, 0.2) is 66.9 Å². The molecule has 1 amide bonds. The number of benzene rings is 2. The van der Waals surface area contributed by atoms with Crippen molar-refractivity contribution in [2.45, 2.75) is 6.42 Å². The number of aromatic nitrogens is 2. The van der Waals surface area contributed by atoms with Crippen molar-refractivity contribution in [3.63, 3.8) is 0 Å². The molecule has 5 heteroatoms. The van der Waals surface area contributed by atoms with Gasteiger partial charge in [0, 0.05) is 24.7 Å². The van der Waals surface area contributed by atoms with Gasteiger partial charge in [-0.3, -0.25) is 4.79 Å². The standard InChI is InChI=1S/C19H16ClN3O/c20-16-9-5-4-8-15(16)19(24)22-13-11-18-21-12-10-17(23-18)14-6-2-1-3-7-14/h1-10,12H,11,13H2,(H,22,24). The van der Waals surface area contributed by atoms with E-state index in [0.717, 1.165) is 11.3 Å². The Morgan fingerprint density at radius 1 is 1.00 bits per heavy atom. The van der Waals surface area contributed by atoms with Gasteiger partial charge in [-0.05, 0) is 18.2 Å². The van der Waals surface area contributed by atoms with Gasteiger partial charge in [0.05, 0.1) is 16.3 Å². The number of carbonyl (C=O) groups excluding carboxylic acids is 1. The summed E-state index contributed by atoms with van der Waals surface area (Å²) >= 11 is 6.02. The van der Waals surface area contributed by atoms with Crippen molar-refractivity contribution >= 4 is 17.5 Å². The van der Waals surface area contributed by atoms with Gasteiger partial charge in [-0.2, -0.15) is 0 Å². The molecule has 0 unspecified atom stereocenters. The van der Waals surface area contributed by atoms with Crippen LogP contribution in [-0.4, -0.2) is 22.4 Å². The van der Waals surface area contributed by atoms with Crippen LogP contribution >= 0.6 is 11.6 Å². The molecule has 3 rings (SSSR count). The topological polar surface area (TPSA) is 54.9 Å². The molecule has 2 aromatic carbocycles. The van der Waals surface area contributed by atoms with Crippen molar-refractivity contribution in [1.82, 2.24) is 15.3 Å². The number of carbonyl (C=O) groups is 1. The third-order valence-corrected chi connectivity index (χ3v) is 3.86. The van der Waals surface area contributed by atoms with E-state index in [1.807, 2.05) is 36.4 Å². The number of amides is 1. The Bertz CT molecular complexity index is 837. The Kier molecular flexibility index (Phi) is 5.18. The lowest BCUT2D eigenvalue weighted by atomic mass is 10.1. The molecule has 0 aliphatic rings. The first kappa shape index (κ1) is 16.1. The summed E-state index contributed by atoms with van der Waals surface area (Å²) in [5.41, 5.74) is 2.39. The highest BCUT2D eigenvalue weighted by Crippen LogP contribution is 2.16. The van der Waals surface area contributed by atoms with Crippen LogP contribution in [0.2, 0.25) is 5.02 Å². The molecular formula is C19H16ClN3O. The van der Waals surface area contributed by atoms with Gasteiger partial charge in [0.15, 0.2) is 0 Å². The summed E-state index contributed by atoms with van der Waals surface area (Å²) in [6.45, 7) is 0.447. The molecule has 0 aliphatic carbocycles. The average Bonchev–Trinajstić information content (AvgIpc) is 2.63. The van der Waals surface area contributed by atoms with E-state index in [0.29, 0.717) is 29.4 Å². The Morgan fingerprint density at radius 3 is 2.54 bits per heavy atom. The van der Waals surface area contributed by atoms with E-state index < -0.39 is 0 Å². The number of halogens is 1. The summed E-state index contributed by atoms with van der Waals surface area (Å²) in [6, 6.07) is 18.8. The number of nitrogens with zero attached hydrogens (tertiary/aromatic N) is 2. The minimum absolute atomic E-state index is 0.195. The minimum atomic E-state index is -0.195. The molecule has 0 saturated heterocycles. The molecule has 3 aromatic rings. The fraction of sp³-hybridized carbons (Fsp3) is 0.105. The first-order valence-electron chi connectivity index (χ1n) is 7.64. The third kappa shape index (κ3) is 3.97. The van der Waals surface area contributed by atoms with Crippen LogP contribution in [0.25, 0.3) is 11.3 Å². The predicted molar refractivity (Wildman–Crippen MR) is 95.0 cm³/mol. The lowest BCUT2D eigenvalue weighted by molar-refractivity contribution is 0.0954. The Hall–Kier alpha value is -2.72. The highest BCUT2D eigenvalue weighted by Gasteiger charge is 2.09. The van der Waals surface area contributed by atoms with Gasteiger partial charge < -0.3 is 5.32 Å². The zero-order valence-electron chi connectivity index (χ0n) is 12.9. The van der Waals surface area contributed by atoms with Gasteiger partial charge >= 0.3 is 0 Å². The molecule has 0 radical (unpaired) electrons. The summed E-state index contributed by atoms with van der Waals surface area (Å²) in [5, 5.41) is 3.29. The van der Waals surface area contributed by atoms with Gasteiger partial charge in [0.25, 0.3) is 5.91 Å². The van der Waals surface area contributed by atoms with Crippen molar-refractivity contribution in [3.8, 4) is 11.3 Å². The lowest BCUT2D eigenvalue weighted by Gasteiger charge is -2.07. The van der Waals surface area contributed by atoms with Gasteiger partial charge in [-0.25, -0.2) is 9.97 Å². The number of hydrogen-bond acceptors (Lipinski definition) is 3. The molecule has 0 atom stereocenters. The molecule has 120 valence electrons. The molecule has 0 spiro atoms. The quantitative estimate of drug-likeness (QED) is 0.771. The Morgan fingerprint density at radius 2 is 1.75 bits per heavy atom. The molecule has 0 bridgehead atoms. The van der Waals surface area contributed by atoms with Gasteiger partial charge in [0.2, 0.25) is 0 Å². The van der Waals surface area contributed by atoms with Crippen LogP contribution in [0, 0.1) is 0 Å². The van der Waals surface area contributed by atoms with Crippen molar-refractivity contribution in [1.29, 1.82) is 0 Å². The molecule has 0 fully saturated rings. The summed E-state index contributed by atoms with van der Waals surface area (Å²) in [6.07, 6.45) is 2.29. The summed E-state index contributed by atoms with van der Waals surface area (Å²) in [4.78, 5) is 20.9. The van der Waals surface area contributed by atoms with E-state index in [4.69, 9.17) is 11.6 Å². The molecule has 24 heavy (non-hydrogen) atoms. The van der Waals surface area contributed by atoms with E-state index in [-0.39, 0.29) is 5.91 Å². The summed E-state index contributed by atoms with van der Waals surface area (Å²) < 4.78 is 0. The second kappa shape index (κ2) is 7.70. The maximum absolute atomic E-state index is 12.1. The molecule has 1 heterocycles. The molecule has 1 N–H and O–H groups in total. The molecule has 0 saturated carbocycles. The Balaban J connectivity index is 1.61. The second-order valence-corrected chi connectivity index (χ2v) is 5.62. The first-order chi connectivity index (χ1) is 11.7. The largest absolute Gasteiger partial charge is 0.352 e. The number of rotatable bonds is 5. The normalized spacial score (nSPS) is 10.4. The third-order valence-electron chi connectivity index (χ3n) is 3.53. The van der Waals surface area contributed by atoms with Crippen LogP contribution in [0.1, 0.15) is 16.2 Å². The van der Waals surface area contributed by atoms with Crippen molar-refractivity contribution in [2.24, 2.45) is 0 Å². The predicted octanol–water partition coefficient (Wildman–Crippen LogP) is 3.77. The van der Waals surface area contributed by atoms with Crippen molar-refractivity contribution < 1.29 is 4.79 Å². The van der Waals surface area contributed by atoms with E-state index in [2.05, 4.69) is 15.3 Å². The average molecular weight is 338 g/mol. The first-order valence-corrected chi connectivity index (χ1v) is 8.02. The Labute approximate surface area is 145 Å². The smallest absolute Gasteiger partial charge is 0.252 e. The van der Waals surface area contributed by atoms with Crippen LogP contribution in [0.5, 0.6) is 0 Å². The lowest BCUT2D eigenvalue weighted by Crippen LogP contribution is -2.26. The SMILES string of the molecule is O=C(NCCc1nccc(-c2ccccc2)n1)c1ccccc1Cl. The molecule has 1 aromatic heterocycles. The monoisotopic (exact) mass is 337 g/mol. The maximum atomic E-state index is 12.1.